The van der Waals surface area contributed by atoms with E-state index in [1.165, 1.54) is 12.2 Å². The first kappa shape index (κ1) is 21.2. The van der Waals surface area contributed by atoms with Crippen molar-refractivity contribution in [1.82, 2.24) is 10.6 Å². The molecule has 22 heavy (non-hydrogen) atoms. The van der Waals surface area contributed by atoms with Crippen molar-refractivity contribution in [1.29, 1.82) is 0 Å². The molecular weight excluding hydrogens is 413 g/mol. The van der Waals surface area contributed by atoms with Gasteiger partial charge in [0, 0.05) is 25.7 Å². The van der Waals surface area contributed by atoms with Gasteiger partial charge in [-0.15, -0.1) is 24.0 Å². The monoisotopic (exact) mass is 439 g/mol. The highest BCUT2D eigenvalue weighted by atomic mass is 127. The zero-order chi connectivity index (χ0) is 15.5. The zero-order valence-corrected chi connectivity index (χ0v) is 16.5. The minimum absolute atomic E-state index is 0. The summed E-state index contributed by atoms with van der Waals surface area (Å²) in [5.41, 5.74) is 0.777. The molecule has 0 aliphatic carbocycles. The van der Waals surface area contributed by atoms with Crippen molar-refractivity contribution in [3.63, 3.8) is 0 Å². The average molecular weight is 439 g/mol. The molecule has 0 unspecified atom stereocenters. The number of unbranched alkanes of at least 4 members (excludes halogenated alkanes) is 1. The molecule has 0 heterocycles. The molecule has 0 aliphatic heterocycles. The van der Waals surface area contributed by atoms with Gasteiger partial charge in [-0.3, -0.25) is 4.99 Å². The number of thioether (sulfide) groups is 1. The summed E-state index contributed by atoms with van der Waals surface area (Å²) in [6.07, 6.45) is 4.43. The molecule has 1 aromatic carbocycles. The number of halogens is 1. The minimum atomic E-state index is 0. The zero-order valence-electron chi connectivity index (χ0n) is 13.4. The molecular formula is C15H26IN3O2S. The molecule has 3 N–H and O–H groups in total. The van der Waals surface area contributed by atoms with Crippen molar-refractivity contribution < 1.29 is 9.84 Å². The fourth-order valence-electron chi connectivity index (χ4n) is 1.81. The molecule has 0 spiro atoms. The third-order valence-corrected chi connectivity index (χ3v) is 3.72. The lowest BCUT2D eigenvalue weighted by molar-refractivity contribution is 0.410. The molecule has 0 amide bonds. The van der Waals surface area contributed by atoms with Crippen molar-refractivity contribution >= 4 is 41.7 Å². The number of methoxy groups -OCH3 is 1. The number of benzene rings is 1. The quantitative estimate of drug-likeness (QED) is 0.252. The van der Waals surface area contributed by atoms with Gasteiger partial charge in [-0.1, -0.05) is 0 Å². The molecule has 7 heteroatoms. The number of nitrogens with zero attached hydrogens (tertiary/aromatic N) is 1. The van der Waals surface area contributed by atoms with E-state index in [4.69, 9.17) is 4.74 Å². The number of guanidine groups is 1. The van der Waals surface area contributed by atoms with Crippen molar-refractivity contribution in [2.45, 2.75) is 19.4 Å². The molecule has 0 fully saturated rings. The average Bonchev–Trinajstić information content (AvgIpc) is 2.51. The SMILES string of the molecule is CN=C(NCCCCSC)NCc1cc(OC)ccc1O.I. The minimum Gasteiger partial charge on any atom is -0.508 e. The number of phenolic OH excluding ortho intramolecular Hbond substituents is 1. The van der Waals surface area contributed by atoms with E-state index in [9.17, 15) is 5.11 Å². The Morgan fingerprint density at radius 3 is 2.73 bits per heavy atom. The van der Waals surface area contributed by atoms with E-state index in [1.807, 2.05) is 17.8 Å². The van der Waals surface area contributed by atoms with Gasteiger partial charge in [-0.25, -0.2) is 0 Å². The van der Waals surface area contributed by atoms with E-state index < -0.39 is 0 Å². The Hall–Kier alpha value is -0.830. The molecule has 0 atom stereocenters. The van der Waals surface area contributed by atoms with Crippen LogP contribution in [0.2, 0.25) is 0 Å². The van der Waals surface area contributed by atoms with Crippen molar-refractivity contribution in [2.24, 2.45) is 4.99 Å². The Morgan fingerprint density at radius 2 is 2.09 bits per heavy atom. The fraction of sp³-hybridized carbons (Fsp3) is 0.533. The highest BCUT2D eigenvalue weighted by Crippen LogP contribution is 2.22. The van der Waals surface area contributed by atoms with E-state index >= 15 is 0 Å². The van der Waals surface area contributed by atoms with Crippen LogP contribution in [0.3, 0.4) is 0 Å². The third-order valence-electron chi connectivity index (χ3n) is 3.02. The largest absolute Gasteiger partial charge is 0.508 e. The molecule has 126 valence electrons. The van der Waals surface area contributed by atoms with Gasteiger partial charge in [0.25, 0.3) is 0 Å². The first-order chi connectivity index (χ1) is 10.2. The van der Waals surface area contributed by atoms with E-state index in [1.54, 1.807) is 26.3 Å². The summed E-state index contributed by atoms with van der Waals surface area (Å²) in [7, 11) is 3.35. The predicted molar refractivity (Wildman–Crippen MR) is 106 cm³/mol. The highest BCUT2D eigenvalue weighted by Gasteiger charge is 2.04. The molecule has 0 saturated carbocycles. The van der Waals surface area contributed by atoms with Gasteiger partial charge in [-0.05, 0) is 43.0 Å². The normalized spacial score (nSPS) is 10.8. The second kappa shape index (κ2) is 12.7. The fourth-order valence-corrected chi connectivity index (χ4v) is 2.30. The molecule has 1 aromatic rings. The topological polar surface area (TPSA) is 65.9 Å². The number of rotatable bonds is 8. The van der Waals surface area contributed by atoms with E-state index in [-0.39, 0.29) is 29.7 Å². The molecule has 0 radical (unpaired) electrons. The van der Waals surface area contributed by atoms with Crippen molar-refractivity contribution in [2.75, 3.05) is 32.7 Å². The van der Waals surface area contributed by atoms with Gasteiger partial charge in [0.05, 0.1) is 7.11 Å². The van der Waals surface area contributed by atoms with Gasteiger partial charge in [0.1, 0.15) is 11.5 Å². The Bertz CT molecular complexity index is 458. The lowest BCUT2D eigenvalue weighted by Gasteiger charge is -2.13. The highest BCUT2D eigenvalue weighted by molar-refractivity contribution is 14.0. The van der Waals surface area contributed by atoms with Crippen LogP contribution in [-0.4, -0.2) is 43.8 Å². The smallest absolute Gasteiger partial charge is 0.191 e. The second-order valence-electron chi connectivity index (χ2n) is 4.55. The lowest BCUT2D eigenvalue weighted by atomic mass is 10.2. The van der Waals surface area contributed by atoms with E-state index in [2.05, 4.69) is 21.9 Å². The maximum atomic E-state index is 9.83. The summed E-state index contributed by atoms with van der Waals surface area (Å²) in [5, 5.41) is 16.3. The van der Waals surface area contributed by atoms with Gasteiger partial charge in [0.15, 0.2) is 5.96 Å². The van der Waals surface area contributed by atoms with Crippen LogP contribution < -0.4 is 15.4 Å². The van der Waals surface area contributed by atoms with Crippen LogP contribution in [0, 0.1) is 0 Å². The summed E-state index contributed by atoms with van der Waals surface area (Å²) in [5.74, 6) is 2.90. The summed E-state index contributed by atoms with van der Waals surface area (Å²) in [6, 6.07) is 5.18. The Labute approximate surface area is 154 Å². The Balaban J connectivity index is 0.00000441. The number of hydrogen-bond acceptors (Lipinski definition) is 4. The van der Waals surface area contributed by atoms with Crippen LogP contribution in [0.5, 0.6) is 11.5 Å². The van der Waals surface area contributed by atoms with Crippen LogP contribution in [0.25, 0.3) is 0 Å². The number of phenols is 1. The van der Waals surface area contributed by atoms with Gasteiger partial charge in [-0.2, -0.15) is 11.8 Å². The molecule has 0 aliphatic rings. The maximum absolute atomic E-state index is 9.83. The van der Waals surface area contributed by atoms with E-state index in [0.717, 1.165) is 30.2 Å². The predicted octanol–water partition coefficient (Wildman–Crippen LogP) is 2.83. The molecule has 0 saturated heterocycles. The lowest BCUT2D eigenvalue weighted by Crippen LogP contribution is -2.37. The standard InChI is InChI=1S/C15H25N3O2S.HI/c1-16-15(17-8-4-5-9-21-3)18-11-12-10-13(20-2)6-7-14(12)19;/h6-7,10,19H,4-5,8-9,11H2,1-3H3,(H2,16,17,18);1H. The van der Waals surface area contributed by atoms with Crippen molar-refractivity contribution in [3.8, 4) is 11.5 Å². The second-order valence-corrected chi connectivity index (χ2v) is 5.53. The summed E-state index contributed by atoms with van der Waals surface area (Å²) in [4.78, 5) is 4.17. The Kier molecular flexibility index (Phi) is 12.2. The molecule has 5 nitrogen and oxygen atoms in total. The maximum Gasteiger partial charge on any atom is 0.191 e. The van der Waals surface area contributed by atoms with Crippen LogP contribution in [0.15, 0.2) is 23.2 Å². The number of aromatic hydroxyl groups is 1. The summed E-state index contributed by atoms with van der Waals surface area (Å²) in [6.45, 7) is 1.39. The van der Waals surface area contributed by atoms with E-state index in [0.29, 0.717) is 6.54 Å². The third kappa shape index (κ3) is 7.98. The number of aliphatic imine (C=N–C) groups is 1. The summed E-state index contributed by atoms with van der Waals surface area (Å²) < 4.78 is 5.16. The Morgan fingerprint density at radius 1 is 1.32 bits per heavy atom. The van der Waals surface area contributed by atoms with Gasteiger partial charge < -0.3 is 20.5 Å². The van der Waals surface area contributed by atoms with Crippen LogP contribution in [0.1, 0.15) is 18.4 Å². The number of hydrogen-bond donors (Lipinski definition) is 3. The van der Waals surface area contributed by atoms with Crippen LogP contribution >= 0.6 is 35.7 Å². The first-order valence-corrected chi connectivity index (χ1v) is 8.40. The van der Waals surface area contributed by atoms with Crippen molar-refractivity contribution in [3.05, 3.63) is 23.8 Å². The number of ether oxygens (including phenoxy) is 1. The van der Waals surface area contributed by atoms with Gasteiger partial charge in [0.2, 0.25) is 0 Å². The molecule has 0 bridgehead atoms. The van der Waals surface area contributed by atoms with Crippen LogP contribution in [-0.2, 0) is 6.54 Å². The summed E-state index contributed by atoms with van der Waals surface area (Å²) >= 11 is 1.87. The molecule has 1 rings (SSSR count). The molecule has 0 aromatic heterocycles. The van der Waals surface area contributed by atoms with Gasteiger partial charge >= 0.3 is 0 Å². The first-order valence-electron chi connectivity index (χ1n) is 7.00. The van der Waals surface area contributed by atoms with Crippen LogP contribution in [0.4, 0.5) is 0 Å². The number of nitrogens with one attached hydrogen (secondary N) is 2.